The van der Waals surface area contributed by atoms with Crippen LogP contribution in [0.15, 0.2) is 42.5 Å². The van der Waals surface area contributed by atoms with E-state index in [1.807, 2.05) is 49.9 Å². The van der Waals surface area contributed by atoms with Crippen LogP contribution in [0, 0.1) is 5.82 Å². The number of phenols is 1. The number of hydrogen-bond donors (Lipinski definition) is 1. The number of fused-ring (bicyclic) bond motifs is 6. The number of rotatable bonds is 9. The summed E-state index contributed by atoms with van der Waals surface area (Å²) in [7, 11) is 0. The minimum absolute atomic E-state index is 0.00926. The summed E-state index contributed by atoms with van der Waals surface area (Å²) >= 11 is 6.94. The molecular weight excluding hydrogens is 633 g/mol. The van der Waals surface area contributed by atoms with Crippen molar-refractivity contribution in [3.63, 3.8) is 0 Å². The minimum atomic E-state index is -0.611. The molecule has 1 amide bonds. The molecule has 7 rings (SSSR count). The van der Waals surface area contributed by atoms with Crippen LogP contribution in [0.2, 0.25) is 5.02 Å². The molecule has 1 aromatic heterocycles. The van der Waals surface area contributed by atoms with Gasteiger partial charge in [0.05, 0.1) is 17.7 Å². The van der Waals surface area contributed by atoms with Gasteiger partial charge in [-0.1, -0.05) is 49.7 Å². The van der Waals surface area contributed by atoms with Crippen molar-refractivity contribution < 1.29 is 23.8 Å². The molecule has 0 saturated carbocycles. The Morgan fingerprint density at radius 3 is 2.56 bits per heavy atom. The third-order valence-corrected chi connectivity index (χ3v) is 9.67. The monoisotopic (exact) mass is 677 g/mol. The normalized spacial score (nSPS) is 18.2. The van der Waals surface area contributed by atoms with Gasteiger partial charge in [0.2, 0.25) is 0 Å². The molecule has 0 radical (unpaired) electrons. The number of amides is 1. The molecule has 0 spiro atoms. The van der Waals surface area contributed by atoms with E-state index in [1.54, 1.807) is 12.1 Å². The number of ether oxygens (including phenoxy) is 2. The van der Waals surface area contributed by atoms with Crippen LogP contribution in [0.5, 0.6) is 11.8 Å². The van der Waals surface area contributed by atoms with Crippen molar-refractivity contribution in [1.29, 1.82) is 0 Å². The zero-order valence-corrected chi connectivity index (χ0v) is 29.2. The molecule has 9 nitrogen and oxygen atoms in total. The lowest BCUT2D eigenvalue weighted by molar-refractivity contribution is 0.0123. The highest BCUT2D eigenvalue weighted by atomic mass is 35.5. The van der Waals surface area contributed by atoms with Crippen LogP contribution in [-0.2, 0) is 4.74 Å². The minimum Gasteiger partial charge on any atom is -0.508 e. The lowest BCUT2D eigenvalue weighted by Gasteiger charge is -2.44. The van der Waals surface area contributed by atoms with Crippen molar-refractivity contribution in [2.45, 2.75) is 78.0 Å². The zero-order valence-electron chi connectivity index (χ0n) is 28.4. The molecular formula is C37H45ClFN5O4. The second-order valence-electron chi connectivity index (χ2n) is 13.7. The Balaban J connectivity index is 1.44. The molecule has 0 aliphatic carbocycles. The second kappa shape index (κ2) is 13.9. The van der Waals surface area contributed by atoms with Gasteiger partial charge >= 0.3 is 12.1 Å². The maximum Gasteiger partial charge on any atom is 0.410 e. The van der Waals surface area contributed by atoms with E-state index in [9.17, 15) is 9.90 Å². The van der Waals surface area contributed by atoms with E-state index >= 15 is 4.39 Å². The number of nitrogens with zero attached hydrogens (tertiary/aromatic N) is 5. The number of phenolic OH excluding ortho intramolecular Hbond substituents is 1. The first-order valence-corrected chi connectivity index (χ1v) is 17.4. The number of aromatic hydroxyl groups is 1. The van der Waals surface area contributed by atoms with Crippen molar-refractivity contribution in [2.75, 3.05) is 44.2 Å². The predicted molar refractivity (Wildman–Crippen MR) is 189 cm³/mol. The SMILES string of the molecule is CCN(CC)CCCOc1nc(N2CC3CCCC2CN3C(=O)OC(C)(C)C)c2cc(Cl)c(-c3cc(O)cc4ccccc34)c(F)c2n1. The fourth-order valence-electron chi connectivity index (χ4n) is 7.02. The molecule has 1 N–H and O–H groups in total. The van der Waals surface area contributed by atoms with Crippen molar-refractivity contribution in [1.82, 2.24) is 19.8 Å². The molecule has 3 aromatic carbocycles. The Labute approximate surface area is 286 Å². The Hall–Kier alpha value is -3.89. The van der Waals surface area contributed by atoms with Gasteiger partial charge in [0.15, 0.2) is 5.82 Å². The number of benzene rings is 3. The molecule has 3 aliphatic rings. The highest BCUT2D eigenvalue weighted by molar-refractivity contribution is 6.35. The van der Waals surface area contributed by atoms with Crippen molar-refractivity contribution in [3.05, 3.63) is 53.3 Å². The number of carbonyl (C=O) groups is 1. The molecule has 3 fully saturated rings. The molecule has 48 heavy (non-hydrogen) atoms. The smallest absolute Gasteiger partial charge is 0.410 e. The van der Waals surface area contributed by atoms with Crippen molar-refractivity contribution in [2.24, 2.45) is 0 Å². The quantitative estimate of drug-likeness (QED) is 0.178. The molecule has 2 unspecified atom stereocenters. The average Bonchev–Trinajstić information content (AvgIpc) is 3.38. The predicted octanol–water partition coefficient (Wildman–Crippen LogP) is 8.04. The third-order valence-electron chi connectivity index (χ3n) is 9.37. The highest BCUT2D eigenvalue weighted by Crippen LogP contribution is 2.43. The van der Waals surface area contributed by atoms with E-state index < -0.39 is 11.4 Å². The van der Waals surface area contributed by atoms with Gasteiger partial charge in [-0.25, -0.2) is 9.18 Å². The Bertz CT molecular complexity index is 1810. The van der Waals surface area contributed by atoms with E-state index in [1.165, 1.54) is 6.07 Å². The molecule has 4 aromatic rings. The maximum atomic E-state index is 17.0. The van der Waals surface area contributed by atoms with Crippen LogP contribution in [0.4, 0.5) is 15.0 Å². The van der Waals surface area contributed by atoms with Gasteiger partial charge in [-0.15, -0.1) is 0 Å². The molecule has 3 saturated heterocycles. The van der Waals surface area contributed by atoms with Crippen molar-refractivity contribution >= 4 is 45.2 Å². The topological polar surface area (TPSA) is 91.3 Å². The maximum absolute atomic E-state index is 17.0. The lowest BCUT2D eigenvalue weighted by Crippen LogP contribution is -2.59. The van der Waals surface area contributed by atoms with Gasteiger partial charge in [-0.3, -0.25) is 0 Å². The number of hydrogen-bond acceptors (Lipinski definition) is 8. The summed E-state index contributed by atoms with van der Waals surface area (Å²) in [5.74, 6) is -0.0668. The van der Waals surface area contributed by atoms with Crippen LogP contribution in [0.3, 0.4) is 0 Å². The van der Waals surface area contributed by atoms with Crippen LogP contribution >= 0.6 is 11.6 Å². The second-order valence-corrected chi connectivity index (χ2v) is 14.1. The molecule has 256 valence electrons. The van der Waals surface area contributed by atoms with E-state index in [0.29, 0.717) is 36.5 Å². The third kappa shape index (κ3) is 6.96. The average molecular weight is 678 g/mol. The first-order valence-electron chi connectivity index (χ1n) is 17.0. The molecule has 2 bridgehead atoms. The molecule has 11 heteroatoms. The molecule has 3 aliphatic heterocycles. The number of piperazine rings is 1. The summed E-state index contributed by atoms with van der Waals surface area (Å²) in [5.41, 5.74) is 0.116. The van der Waals surface area contributed by atoms with E-state index in [-0.39, 0.29) is 46.0 Å². The van der Waals surface area contributed by atoms with Crippen LogP contribution in [-0.4, -0.2) is 88.0 Å². The first kappa shape index (κ1) is 34.0. The van der Waals surface area contributed by atoms with Crippen LogP contribution in [0.25, 0.3) is 32.8 Å². The van der Waals surface area contributed by atoms with Gasteiger partial charge < -0.3 is 29.3 Å². The Morgan fingerprint density at radius 1 is 1.06 bits per heavy atom. The summed E-state index contributed by atoms with van der Waals surface area (Å²) in [6, 6.07) is 12.3. The molecule has 2 atom stereocenters. The summed E-state index contributed by atoms with van der Waals surface area (Å²) < 4.78 is 28.9. The van der Waals surface area contributed by atoms with Crippen LogP contribution < -0.4 is 9.64 Å². The summed E-state index contributed by atoms with van der Waals surface area (Å²) in [5, 5.41) is 12.7. The number of aromatic nitrogens is 2. The van der Waals surface area contributed by atoms with Crippen molar-refractivity contribution in [3.8, 4) is 22.9 Å². The summed E-state index contributed by atoms with van der Waals surface area (Å²) in [6.45, 7) is 14.0. The van der Waals surface area contributed by atoms with E-state index in [0.717, 1.165) is 56.1 Å². The van der Waals surface area contributed by atoms with Gasteiger partial charge in [-0.2, -0.15) is 9.97 Å². The van der Waals surface area contributed by atoms with Gasteiger partial charge in [0.25, 0.3) is 0 Å². The largest absolute Gasteiger partial charge is 0.508 e. The molecule has 4 heterocycles. The van der Waals surface area contributed by atoms with Gasteiger partial charge in [-0.05, 0) is 94.1 Å². The van der Waals surface area contributed by atoms with Crippen LogP contribution in [0.1, 0.15) is 60.3 Å². The summed E-state index contributed by atoms with van der Waals surface area (Å²) in [6.07, 6.45) is 3.05. The fraction of sp³-hybridized carbons (Fsp3) is 0.486. The van der Waals surface area contributed by atoms with E-state index in [2.05, 4.69) is 28.6 Å². The fourth-order valence-corrected chi connectivity index (χ4v) is 7.31. The summed E-state index contributed by atoms with van der Waals surface area (Å²) in [4.78, 5) is 29.1. The van der Waals surface area contributed by atoms with Gasteiger partial charge in [0, 0.05) is 36.6 Å². The number of halogens is 2. The number of carbonyl (C=O) groups excluding carboxylic acids is 1. The lowest BCUT2D eigenvalue weighted by atomic mass is 9.96. The number of anilines is 1. The highest BCUT2D eigenvalue weighted by Gasteiger charge is 2.42. The van der Waals surface area contributed by atoms with E-state index in [4.69, 9.17) is 26.1 Å². The zero-order chi connectivity index (χ0) is 34.2. The van der Waals surface area contributed by atoms with Gasteiger partial charge in [0.1, 0.15) is 22.7 Å². The Morgan fingerprint density at radius 2 is 1.81 bits per heavy atom. The first-order chi connectivity index (χ1) is 23.0. The standard InChI is InChI=1S/C37H45ClFN5O4/c1-6-42(7-2)16-11-17-47-35-40-33-29(20-30(38)31(32(33)39)28-19-26(45)18-23-12-8-9-15-27(23)28)34(41-35)43-21-25-14-10-13-24(43)22-44(25)36(46)48-37(3,4)5/h8-9,12,15,18-20,24-25,45H,6-7,10-11,13-14,16-17,21-22H2,1-5H3. The Kier molecular flexibility index (Phi) is 9.86.